The van der Waals surface area contributed by atoms with Crippen LogP contribution in [0.25, 0.3) is 0 Å². The minimum absolute atomic E-state index is 0.0422. The molecule has 1 heterocycles. The Labute approximate surface area is 106 Å². The van der Waals surface area contributed by atoms with Gasteiger partial charge in [0, 0.05) is 6.42 Å². The van der Waals surface area contributed by atoms with Crippen molar-refractivity contribution in [3.05, 3.63) is 35.1 Å². The molecule has 1 saturated heterocycles. The first-order chi connectivity index (χ1) is 8.16. The Balaban J connectivity index is 2.03. The van der Waals surface area contributed by atoms with Gasteiger partial charge in [0.25, 0.3) is 0 Å². The third kappa shape index (κ3) is 3.32. The van der Waals surface area contributed by atoms with Gasteiger partial charge in [-0.15, -0.1) is 0 Å². The number of aryl methyl sites for hydroxylation is 1. The monoisotopic (exact) mass is 252 g/mol. The number of ketones is 1. The van der Waals surface area contributed by atoms with Crippen molar-refractivity contribution in [2.24, 2.45) is 5.92 Å². The van der Waals surface area contributed by atoms with Crippen molar-refractivity contribution < 1.29 is 9.18 Å². The van der Waals surface area contributed by atoms with Gasteiger partial charge in [-0.3, -0.25) is 4.79 Å². The number of benzene rings is 1. The quantitative estimate of drug-likeness (QED) is 0.760. The van der Waals surface area contributed by atoms with Gasteiger partial charge in [-0.25, -0.2) is 4.39 Å². The number of hydrogen-bond acceptors (Lipinski definition) is 2. The molecule has 1 aliphatic rings. The number of halogens is 1. The lowest BCUT2D eigenvalue weighted by Crippen LogP contribution is -2.15. The molecule has 0 N–H and O–H groups in total. The Morgan fingerprint density at radius 3 is 2.76 bits per heavy atom. The van der Waals surface area contributed by atoms with Crippen LogP contribution < -0.4 is 0 Å². The number of carbonyl (C=O) groups excluding carboxylic acids is 1. The van der Waals surface area contributed by atoms with Gasteiger partial charge in [0.1, 0.15) is 5.82 Å². The smallest absolute Gasteiger partial charge is 0.166 e. The van der Waals surface area contributed by atoms with Crippen LogP contribution in [0.15, 0.2) is 18.2 Å². The van der Waals surface area contributed by atoms with E-state index >= 15 is 0 Å². The van der Waals surface area contributed by atoms with Crippen LogP contribution in [-0.2, 0) is 0 Å². The van der Waals surface area contributed by atoms with Crippen LogP contribution in [0.5, 0.6) is 0 Å². The molecule has 0 spiro atoms. The summed E-state index contributed by atoms with van der Waals surface area (Å²) in [7, 11) is 0. The van der Waals surface area contributed by atoms with E-state index in [1.807, 2.05) is 18.7 Å². The summed E-state index contributed by atoms with van der Waals surface area (Å²) in [4.78, 5) is 12.0. The van der Waals surface area contributed by atoms with Crippen LogP contribution in [0.2, 0.25) is 0 Å². The molecule has 1 aliphatic heterocycles. The highest BCUT2D eigenvalue weighted by atomic mass is 32.2. The highest BCUT2D eigenvalue weighted by molar-refractivity contribution is 7.99. The minimum atomic E-state index is -0.375. The first kappa shape index (κ1) is 12.6. The highest BCUT2D eigenvalue weighted by Crippen LogP contribution is 2.27. The third-order valence-electron chi connectivity index (χ3n) is 3.24. The standard InChI is InChI=1S/C14H17FOS/c1-10-2-3-12(13(15)8-10)14(16)9-11-4-6-17-7-5-11/h2-3,8,11H,4-7,9H2,1H3. The van der Waals surface area contributed by atoms with Crippen LogP contribution in [0.1, 0.15) is 35.2 Å². The second-order valence-electron chi connectivity index (χ2n) is 4.67. The van der Waals surface area contributed by atoms with Crippen LogP contribution in [0, 0.1) is 18.7 Å². The molecule has 2 rings (SSSR count). The fraction of sp³-hybridized carbons (Fsp3) is 0.500. The normalized spacial score (nSPS) is 17.1. The maximum atomic E-state index is 13.6. The second kappa shape index (κ2) is 5.67. The Morgan fingerprint density at radius 2 is 2.12 bits per heavy atom. The molecule has 0 aliphatic carbocycles. The van der Waals surface area contributed by atoms with Gasteiger partial charge in [0.2, 0.25) is 0 Å². The topological polar surface area (TPSA) is 17.1 Å². The lowest BCUT2D eigenvalue weighted by Gasteiger charge is -2.20. The Hall–Kier alpha value is -0.830. The van der Waals surface area contributed by atoms with Gasteiger partial charge < -0.3 is 0 Å². The summed E-state index contributed by atoms with van der Waals surface area (Å²) < 4.78 is 13.6. The molecular formula is C14H17FOS. The molecule has 1 nitrogen and oxygen atoms in total. The van der Waals surface area contributed by atoms with Gasteiger partial charge >= 0.3 is 0 Å². The van der Waals surface area contributed by atoms with E-state index in [-0.39, 0.29) is 17.2 Å². The van der Waals surface area contributed by atoms with E-state index in [4.69, 9.17) is 0 Å². The van der Waals surface area contributed by atoms with Crippen LogP contribution in [0.4, 0.5) is 4.39 Å². The maximum Gasteiger partial charge on any atom is 0.166 e. The molecule has 0 aromatic heterocycles. The molecule has 0 amide bonds. The summed E-state index contributed by atoms with van der Waals surface area (Å²) in [5.41, 5.74) is 1.11. The first-order valence-electron chi connectivity index (χ1n) is 6.04. The molecule has 1 fully saturated rings. The summed E-state index contributed by atoms with van der Waals surface area (Å²) in [6.45, 7) is 1.83. The molecule has 0 saturated carbocycles. The summed E-state index contributed by atoms with van der Waals surface area (Å²) in [5, 5.41) is 0. The highest BCUT2D eigenvalue weighted by Gasteiger charge is 2.20. The van der Waals surface area contributed by atoms with E-state index in [1.165, 1.54) is 6.07 Å². The average molecular weight is 252 g/mol. The van der Waals surface area contributed by atoms with Crippen LogP contribution in [-0.4, -0.2) is 17.3 Å². The van der Waals surface area contributed by atoms with Gasteiger partial charge in [-0.05, 0) is 54.9 Å². The van der Waals surface area contributed by atoms with E-state index in [0.29, 0.717) is 12.3 Å². The number of carbonyl (C=O) groups is 1. The Kier molecular flexibility index (Phi) is 4.21. The molecule has 3 heteroatoms. The van der Waals surface area contributed by atoms with E-state index in [9.17, 15) is 9.18 Å². The number of rotatable bonds is 3. The molecule has 0 atom stereocenters. The summed E-state index contributed by atoms with van der Waals surface area (Å²) in [6.07, 6.45) is 2.67. The second-order valence-corrected chi connectivity index (χ2v) is 5.89. The van der Waals surface area contributed by atoms with E-state index in [1.54, 1.807) is 12.1 Å². The minimum Gasteiger partial charge on any atom is -0.294 e. The molecule has 92 valence electrons. The summed E-state index contributed by atoms with van der Waals surface area (Å²) in [5.74, 6) is 2.30. The van der Waals surface area contributed by atoms with E-state index in [2.05, 4.69) is 0 Å². The first-order valence-corrected chi connectivity index (χ1v) is 7.19. The van der Waals surface area contributed by atoms with E-state index < -0.39 is 0 Å². The third-order valence-corrected chi connectivity index (χ3v) is 4.29. The van der Waals surface area contributed by atoms with Gasteiger partial charge in [0.15, 0.2) is 5.78 Å². The average Bonchev–Trinajstić information content (AvgIpc) is 2.30. The molecule has 0 bridgehead atoms. The summed E-state index contributed by atoms with van der Waals surface area (Å²) in [6, 6.07) is 4.85. The van der Waals surface area contributed by atoms with Crippen molar-refractivity contribution in [2.45, 2.75) is 26.2 Å². The fourth-order valence-corrected chi connectivity index (χ4v) is 3.37. The van der Waals surface area contributed by atoms with Crippen molar-refractivity contribution in [1.29, 1.82) is 0 Å². The zero-order valence-electron chi connectivity index (χ0n) is 10.0. The van der Waals surface area contributed by atoms with Crippen molar-refractivity contribution in [1.82, 2.24) is 0 Å². The van der Waals surface area contributed by atoms with Gasteiger partial charge in [-0.1, -0.05) is 6.07 Å². The van der Waals surface area contributed by atoms with Crippen molar-refractivity contribution in [3.8, 4) is 0 Å². The molecule has 1 aromatic rings. The predicted molar refractivity (Wildman–Crippen MR) is 70.1 cm³/mol. The van der Waals surface area contributed by atoms with Crippen molar-refractivity contribution in [2.75, 3.05) is 11.5 Å². The number of hydrogen-bond donors (Lipinski definition) is 0. The van der Waals surface area contributed by atoms with Crippen LogP contribution >= 0.6 is 11.8 Å². The van der Waals surface area contributed by atoms with E-state index in [0.717, 1.165) is 29.9 Å². The molecule has 0 unspecified atom stereocenters. The Bertz CT molecular complexity index is 411. The molecule has 17 heavy (non-hydrogen) atoms. The lowest BCUT2D eigenvalue weighted by atomic mass is 9.93. The zero-order valence-corrected chi connectivity index (χ0v) is 10.9. The predicted octanol–water partition coefficient (Wildman–Crippen LogP) is 3.85. The van der Waals surface area contributed by atoms with Crippen LogP contribution in [0.3, 0.4) is 0 Å². The largest absolute Gasteiger partial charge is 0.294 e. The SMILES string of the molecule is Cc1ccc(C(=O)CC2CCSCC2)c(F)c1. The number of Topliss-reactive ketones (excluding diaryl/α,β-unsaturated/α-hetero) is 1. The fourth-order valence-electron chi connectivity index (χ4n) is 2.17. The molecular weight excluding hydrogens is 235 g/mol. The number of thioether (sulfide) groups is 1. The van der Waals surface area contributed by atoms with Crippen molar-refractivity contribution >= 4 is 17.5 Å². The zero-order chi connectivity index (χ0) is 12.3. The summed E-state index contributed by atoms with van der Waals surface area (Å²) >= 11 is 1.94. The van der Waals surface area contributed by atoms with Gasteiger partial charge in [-0.2, -0.15) is 11.8 Å². The maximum absolute atomic E-state index is 13.6. The molecule has 1 aromatic carbocycles. The van der Waals surface area contributed by atoms with Crippen molar-refractivity contribution in [3.63, 3.8) is 0 Å². The Morgan fingerprint density at radius 1 is 1.41 bits per heavy atom. The molecule has 0 radical (unpaired) electrons. The van der Waals surface area contributed by atoms with Gasteiger partial charge in [0.05, 0.1) is 5.56 Å². The lowest BCUT2D eigenvalue weighted by molar-refractivity contribution is 0.0955.